The number of amides is 1. The Bertz CT molecular complexity index is 902. The van der Waals surface area contributed by atoms with Crippen LogP contribution in [0.4, 0.5) is 5.82 Å². The highest BCUT2D eigenvalue weighted by molar-refractivity contribution is 5.98. The van der Waals surface area contributed by atoms with Crippen LogP contribution in [-0.4, -0.2) is 27.9 Å². The van der Waals surface area contributed by atoms with Crippen LogP contribution in [0.25, 0.3) is 11.1 Å². The molecule has 1 amide bonds. The van der Waals surface area contributed by atoms with Gasteiger partial charge in [-0.2, -0.15) is 0 Å². The second kappa shape index (κ2) is 7.12. The quantitative estimate of drug-likeness (QED) is 0.718. The zero-order valence-corrected chi connectivity index (χ0v) is 13.9. The largest absolute Gasteiger partial charge is 0.449 e. The van der Waals surface area contributed by atoms with Gasteiger partial charge < -0.3 is 14.5 Å². The molecular formula is C18H17N3O4. The molecule has 0 bridgehead atoms. The maximum atomic E-state index is 12.3. The molecule has 25 heavy (non-hydrogen) atoms. The van der Waals surface area contributed by atoms with Crippen LogP contribution in [0.15, 0.2) is 47.3 Å². The van der Waals surface area contributed by atoms with E-state index < -0.39 is 18.0 Å². The molecule has 7 heteroatoms. The lowest BCUT2D eigenvalue weighted by molar-refractivity contribution is -0.124. The van der Waals surface area contributed by atoms with E-state index in [1.165, 1.54) is 6.39 Å². The van der Waals surface area contributed by atoms with Gasteiger partial charge in [-0.05, 0) is 43.2 Å². The molecule has 7 nitrogen and oxygen atoms in total. The highest BCUT2D eigenvalue weighted by atomic mass is 16.5. The van der Waals surface area contributed by atoms with Crippen molar-refractivity contribution in [3.63, 3.8) is 0 Å². The summed E-state index contributed by atoms with van der Waals surface area (Å²) in [7, 11) is 0. The summed E-state index contributed by atoms with van der Waals surface area (Å²) in [5, 5.41) is 2.65. The van der Waals surface area contributed by atoms with Crippen molar-refractivity contribution in [2.45, 2.75) is 26.4 Å². The van der Waals surface area contributed by atoms with Gasteiger partial charge in [0.05, 0.1) is 5.56 Å². The number of pyridine rings is 1. The van der Waals surface area contributed by atoms with Gasteiger partial charge in [0.2, 0.25) is 0 Å². The molecule has 0 spiro atoms. The van der Waals surface area contributed by atoms with Gasteiger partial charge in [-0.25, -0.2) is 14.8 Å². The van der Waals surface area contributed by atoms with E-state index in [0.29, 0.717) is 28.9 Å². The van der Waals surface area contributed by atoms with Crippen LogP contribution in [0.2, 0.25) is 0 Å². The molecule has 0 aliphatic carbocycles. The minimum absolute atomic E-state index is 0.307. The lowest BCUT2D eigenvalue weighted by atomic mass is 10.2. The van der Waals surface area contributed by atoms with Gasteiger partial charge >= 0.3 is 5.97 Å². The third kappa shape index (κ3) is 3.82. The summed E-state index contributed by atoms with van der Waals surface area (Å²) in [4.78, 5) is 32.7. The molecule has 0 aliphatic rings. The third-order valence-electron chi connectivity index (χ3n) is 3.64. The maximum Gasteiger partial charge on any atom is 0.338 e. The van der Waals surface area contributed by atoms with Crippen molar-refractivity contribution >= 4 is 28.8 Å². The number of nitrogens with one attached hydrogen (secondary N) is 1. The minimum Gasteiger partial charge on any atom is -0.449 e. The van der Waals surface area contributed by atoms with Crippen LogP contribution in [0.5, 0.6) is 0 Å². The number of hydrogen-bond acceptors (Lipinski definition) is 6. The molecule has 1 N–H and O–H groups in total. The number of oxazole rings is 1. The molecule has 3 aromatic rings. The van der Waals surface area contributed by atoms with Gasteiger partial charge in [0.25, 0.3) is 5.91 Å². The highest BCUT2D eigenvalue weighted by Crippen LogP contribution is 2.16. The van der Waals surface area contributed by atoms with Gasteiger partial charge in [-0.1, -0.05) is 13.0 Å². The molecular weight excluding hydrogens is 322 g/mol. The number of rotatable bonds is 5. The number of benzene rings is 1. The van der Waals surface area contributed by atoms with E-state index in [0.717, 1.165) is 5.56 Å². The van der Waals surface area contributed by atoms with Crippen molar-refractivity contribution < 1.29 is 18.7 Å². The van der Waals surface area contributed by atoms with Gasteiger partial charge in [-0.3, -0.25) is 4.79 Å². The molecule has 2 aromatic heterocycles. The summed E-state index contributed by atoms with van der Waals surface area (Å²) < 4.78 is 10.5. The second-order valence-corrected chi connectivity index (χ2v) is 5.55. The highest BCUT2D eigenvalue weighted by Gasteiger charge is 2.22. The molecule has 0 saturated carbocycles. The van der Waals surface area contributed by atoms with E-state index in [1.54, 1.807) is 37.4 Å². The number of anilines is 1. The summed E-state index contributed by atoms with van der Waals surface area (Å²) in [5.74, 6) is -0.604. The number of carbonyl (C=O) groups excluding carboxylic acids is 2. The lowest BCUT2D eigenvalue weighted by Gasteiger charge is -2.15. The summed E-state index contributed by atoms with van der Waals surface area (Å²) >= 11 is 0. The molecule has 0 radical (unpaired) electrons. The fourth-order valence-corrected chi connectivity index (χ4v) is 2.25. The van der Waals surface area contributed by atoms with Crippen LogP contribution in [0.1, 0.15) is 29.3 Å². The first-order chi connectivity index (χ1) is 12.1. The van der Waals surface area contributed by atoms with Gasteiger partial charge in [0, 0.05) is 6.20 Å². The van der Waals surface area contributed by atoms with Crippen LogP contribution >= 0.6 is 0 Å². The SMILES string of the molecule is CCC(OC(=O)c1ccc2ocnc2c1)C(=O)Nc1ccc(C)cn1. The maximum absolute atomic E-state index is 12.3. The number of hydrogen-bond donors (Lipinski definition) is 1. The van der Waals surface area contributed by atoms with Crippen molar-refractivity contribution in [1.82, 2.24) is 9.97 Å². The Balaban J connectivity index is 1.68. The average molecular weight is 339 g/mol. The van der Waals surface area contributed by atoms with E-state index >= 15 is 0 Å². The smallest absolute Gasteiger partial charge is 0.338 e. The van der Waals surface area contributed by atoms with Crippen molar-refractivity contribution in [3.8, 4) is 0 Å². The van der Waals surface area contributed by atoms with Crippen LogP contribution < -0.4 is 5.32 Å². The van der Waals surface area contributed by atoms with Crippen molar-refractivity contribution in [3.05, 3.63) is 54.0 Å². The average Bonchev–Trinajstić information content (AvgIpc) is 3.09. The molecule has 3 rings (SSSR count). The van der Waals surface area contributed by atoms with Crippen LogP contribution in [0, 0.1) is 6.92 Å². The van der Waals surface area contributed by atoms with Crippen molar-refractivity contribution in [2.75, 3.05) is 5.32 Å². The number of ether oxygens (including phenoxy) is 1. The van der Waals surface area contributed by atoms with Gasteiger partial charge in [-0.15, -0.1) is 0 Å². The standard InChI is InChI=1S/C18H17N3O4/c1-3-14(17(22)21-16-7-4-11(2)9-19-16)25-18(23)12-5-6-15-13(8-12)20-10-24-15/h4-10,14H,3H2,1-2H3,(H,19,21,22). The number of carbonyl (C=O) groups is 2. The van der Waals surface area contributed by atoms with Gasteiger partial charge in [0.1, 0.15) is 11.3 Å². The van der Waals surface area contributed by atoms with Crippen LogP contribution in [0.3, 0.4) is 0 Å². The second-order valence-electron chi connectivity index (χ2n) is 5.55. The summed E-state index contributed by atoms with van der Waals surface area (Å²) in [6.45, 7) is 3.67. The fraction of sp³-hybridized carbons (Fsp3) is 0.222. The first-order valence-corrected chi connectivity index (χ1v) is 7.84. The Hall–Kier alpha value is -3.22. The van der Waals surface area contributed by atoms with E-state index in [2.05, 4.69) is 15.3 Å². The lowest BCUT2D eigenvalue weighted by Crippen LogP contribution is -2.32. The zero-order chi connectivity index (χ0) is 17.8. The Morgan fingerprint density at radius 2 is 2.08 bits per heavy atom. The van der Waals surface area contributed by atoms with Crippen molar-refractivity contribution in [2.24, 2.45) is 0 Å². The van der Waals surface area contributed by atoms with E-state index in [-0.39, 0.29) is 0 Å². The number of nitrogens with zero attached hydrogens (tertiary/aromatic N) is 2. The first kappa shape index (κ1) is 16.6. The molecule has 128 valence electrons. The third-order valence-corrected chi connectivity index (χ3v) is 3.64. The Morgan fingerprint density at radius 1 is 1.24 bits per heavy atom. The number of aryl methyl sites for hydroxylation is 1. The zero-order valence-electron chi connectivity index (χ0n) is 13.9. The summed E-state index contributed by atoms with van der Waals surface area (Å²) in [6, 6.07) is 8.30. The Kier molecular flexibility index (Phi) is 4.74. The molecule has 0 fully saturated rings. The number of esters is 1. The predicted octanol–water partition coefficient (Wildman–Crippen LogP) is 3.11. The fourth-order valence-electron chi connectivity index (χ4n) is 2.25. The number of aromatic nitrogens is 2. The molecule has 1 unspecified atom stereocenters. The molecule has 0 saturated heterocycles. The molecule has 1 aromatic carbocycles. The Morgan fingerprint density at radius 3 is 2.80 bits per heavy atom. The summed E-state index contributed by atoms with van der Waals surface area (Å²) in [5.41, 5.74) is 2.42. The minimum atomic E-state index is -0.913. The van der Waals surface area contributed by atoms with Crippen molar-refractivity contribution in [1.29, 1.82) is 0 Å². The molecule has 1 atom stereocenters. The topological polar surface area (TPSA) is 94.3 Å². The first-order valence-electron chi connectivity index (χ1n) is 7.84. The van der Waals surface area contributed by atoms with Gasteiger partial charge in [0.15, 0.2) is 18.1 Å². The molecule has 0 aliphatic heterocycles. The monoisotopic (exact) mass is 339 g/mol. The van der Waals surface area contributed by atoms with E-state index in [9.17, 15) is 9.59 Å². The predicted molar refractivity (Wildman–Crippen MR) is 91.1 cm³/mol. The summed E-state index contributed by atoms with van der Waals surface area (Å²) in [6.07, 6.45) is 2.38. The van der Waals surface area contributed by atoms with Crippen LogP contribution in [-0.2, 0) is 9.53 Å². The molecule has 2 heterocycles. The van der Waals surface area contributed by atoms with E-state index in [4.69, 9.17) is 9.15 Å². The number of fused-ring (bicyclic) bond motifs is 1. The Labute approximate surface area is 144 Å². The normalized spacial score (nSPS) is 11.9. The van der Waals surface area contributed by atoms with E-state index in [1.807, 2.05) is 13.0 Å².